The zero-order chi connectivity index (χ0) is 14.8. The molecule has 0 aromatic heterocycles. The molecule has 1 aromatic carbocycles. The van der Waals surface area contributed by atoms with Gasteiger partial charge in [0.15, 0.2) is 0 Å². The first-order chi connectivity index (χ1) is 10.2. The van der Waals surface area contributed by atoms with Gasteiger partial charge >= 0.3 is 0 Å². The highest BCUT2D eigenvalue weighted by Crippen LogP contribution is 2.29. The molecule has 2 aliphatic rings. The van der Waals surface area contributed by atoms with Gasteiger partial charge in [-0.3, -0.25) is 9.59 Å². The van der Waals surface area contributed by atoms with E-state index >= 15 is 0 Å². The van der Waals surface area contributed by atoms with Gasteiger partial charge in [0.2, 0.25) is 5.91 Å². The van der Waals surface area contributed by atoms with E-state index < -0.39 is 0 Å². The molecule has 3 rings (SSSR count). The average molecular weight is 304 g/mol. The van der Waals surface area contributed by atoms with E-state index in [1.807, 2.05) is 30.5 Å². The summed E-state index contributed by atoms with van der Waals surface area (Å²) in [7, 11) is 0. The van der Waals surface area contributed by atoms with Crippen LogP contribution in [0.4, 0.5) is 0 Å². The minimum atomic E-state index is -0.0341. The first-order valence-electron chi connectivity index (χ1n) is 7.44. The van der Waals surface area contributed by atoms with Gasteiger partial charge in [-0.15, -0.1) is 11.8 Å². The molecule has 2 amide bonds. The molecule has 1 saturated carbocycles. The van der Waals surface area contributed by atoms with Crippen molar-refractivity contribution in [3.8, 4) is 0 Å². The van der Waals surface area contributed by atoms with E-state index in [1.54, 1.807) is 16.7 Å². The molecular formula is C16H20N2O2S. The maximum Gasteiger partial charge on any atom is 0.255 e. The maximum atomic E-state index is 12.9. The van der Waals surface area contributed by atoms with Crippen LogP contribution in [0.2, 0.25) is 0 Å². The van der Waals surface area contributed by atoms with Crippen molar-refractivity contribution < 1.29 is 9.59 Å². The molecule has 1 saturated heterocycles. The van der Waals surface area contributed by atoms with Crippen LogP contribution >= 0.6 is 11.8 Å². The van der Waals surface area contributed by atoms with Crippen LogP contribution in [0, 0.1) is 0 Å². The molecule has 2 atom stereocenters. The molecule has 1 N–H and O–H groups in total. The number of carbonyl (C=O) groups excluding carboxylic acids is 2. The van der Waals surface area contributed by atoms with Crippen LogP contribution < -0.4 is 5.32 Å². The van der Waals surface area contributed by atoms with Crippen molar-refractivity contribution in [3.63, 3.8) is 0 Å². The van der Waals surface area contributed by atoms with Gasteiger partial charge in [0, 0.05) is 10.9 Å². The lowest BCUT2D eigenvalue weighted by Crippen LogP contribution is -2.62. The molecule has 1 heterocycles. The van der Waals surface area contributed by atoms with E-state index in [-0.39, 0.29) is 30.4 Å². The lowest BCUT2D eigenvalue weighted by Gasteiger charge is -2.44. The van der Waals surface area contributed by atoms with Crippen molar-refractivity contribution in [1.29, 1.82) is 0 Å². The van der Waals surface area contributed by atoms with Gasteiger partial charge in [0.25, 0.3) is 5.91 Å². The highest BCUT2D eigenvalue weighted by Gasteiger charge is 2.39. The molecule has 5 heteroatoms. The molecule has 1 aliphatic heterocycles. The predicted molar refractivity (Wildman–Crippen MR) is 83.4 cm³/mol. The summed E-state index contributed by atoms with van der Waals surface area (Å²) in [5.74, 6) is -0.0418. The van der Waals surface area contributed by atoms with Crippen molar-refractivity contribution in [2.45, 2.75) is 42.7 Å². The lowest BCUT2D eigenvalue weighted by molar-refractivity contribution is -0.127. The number of hydrogen-bond acceptors (Lipinski definition) is 3. The number of amides is 2. The molecule has 4 nitrogen and oxygen atoms in total. The molecule has 0 radical (unpaired) electrons. The third-order valence-electron chi connectivity index (χ3n) is 4.39. The van der Waals surface area contributed by atoms with Crippen LogP contribution in [0.3, 0.4) is 0 Å². The zero-order valence-electron chi connectivity index (χ0n) is 12.2. The molecular weight excluding hydrogens is 284 g/mol. The summed E-state index contributed by atoms with van der Waals surface area (Å²) in [5, 5.41) is 3.05. The van der Waals surface area contributed by atoms with Crippen LogP contribution in [-0.2, 0) is 4.79 Å². The highest BCUT2D eigenvalue weighted by molar-refractivity contribution is 7.98. The predicted octanol–water partition coefficient (Wildman–Crippen LogP) is 2.29. The van der Waals surface area contributed by atoms with Gasteiger partial charge in [0.1, 0.15) is 6.54 Å². The summed E-state index contributed by atoms with van der Waals surface area (Å²) < 4.78 is 0. The van der Waals surface area contributed by atoms with E-state index in [0.29, 0.717) is 5.56 Å². The van der Waals surface area contributed by atoms with Crippen molar-refractivity contribution >= 4 is 23.6 Å². The van der Waals surface area contributed by atoms with Crippen molar-refractivity contribution in [1.82, 2.24) is 10.2 Å². The summed E-state index contributed by atoms with van der Waals surface area (Å²) in [5.41, 5.74) is 0.712. The van der Waals surface area contributed by atoms with Gasteiger partial charge < -0.3 is 10.2 Å². The van der Waals surface area contributed by atoms with E-state index in [0.717, 1.165) is 30.6 Å². The molecule has 21 heavy (non-hydrogen) atoms. The Morgan fingerprint density at radius 2 is 2.05 bits per heavy atom. The molecule has 1 aromatic rings. The molecule has 0 bridgehead atoms. The van der Waals surface area contributed by atoms with E-state index in [2.05, 4.69) is 5.32 Å². The Labute approximate surface area is 129 Å². The topological polar surface area (TPSA) is 49.4 Å². The highest BCUT2D eigenvalue weighted by atomic mass is 32.2. The third-order valence-corrected chi connectivity index (χ3v) is 5.18. The first-order valence-corrected chi connectivity index (χ1v) is 8.66. The fraction of sp³-hybridized carbons (Fsp3) is 0.500. The van der Waals surface area contributed by atoms with Crippen molar-refractivity contribution in [2.24, 2.45) is 0 Å². The van der Waals surface area contributed by atoms with Gasteiger partial charge in [-0.1, -0.05) is 25.0 Å². The van der Waals surface area contributed by atoms with Gasteiger partial charge in [-0.25, -0.2) is 0 Å². The number of nitrogens with zero attached hydrogens (tertiary/aromatic N) is 1. The smallest absolute Gasteiger partial charge is 0.255 e. The number of benzene rings is 1. The third kappa shape index (κ3) is 2.79. The number of thioether (sulfide) groups is 1. The number of carbonyl (C=O) groups is 2. The summed E-state index contributed by atoms with van der Waals surface area (Å²) in [6, 6.07) is 7.92. The Morgan fingerprint density at radius 1 is 1.29 bits per heavy atom. The van der Waals surface area contributed by atoms with Crippen LogP contribution in [0.1, 0.15) is 36.0 Å². The SMILES string of the molecule is CSc1ccccc1C(=O)N1CC(=O)NC2CCCCC21. The fourth-order valence-electron chi connectivity index (χ4n) is 3.38. The van der Waals surface area contributed by atoms with Crippen LogP contribution in [0.15, 0.2) is 29.2 Å². The maximum absolute atomic E-state index is 12.9. The summed E-state index contributed by atoms with van der Waals surface area (Å²) in [6.07, 6.45) is 6.19. The second kappa shape index (κ2) is 6.10. The molecule has 2 fully saturated rings. The molecule has 112 valence electrons. The first kappa shape index (κ1) is 14.4. The monoisotopic (exact) mass is 304 g/mol. The number of fused-ring (bicyclic) bond motifs is 1. The minimum Gasteiger partial charge on any atom is -0.350 e. The van der Waals surface area contributed by atoms with E-state index in [4.69, 9.17) is 0 Å². The average Bonchev–Trinajstić information content (AvgIpc) is 2.53. The van der Waals surface area contributed by atoms with Gasteiger partial charge in [-0.2, -0.15) is 0 Å². The summed E-state index contributed by atoms with van der Waals surface area (Å²) >= 11 is 1.57. The van der Waals surface area contributed by atoms with Crippen molar-refractivity contribution in [2.75, 3.05) is 12.8 Å². The van der Waals surface area contributed by atoms with Crippen LogP contribution in [0.5, 0.6) is 0 Å². The van der Waals surface area contributed by atoms with E-state index in [1.165, 1.54) is 0 Å². The Kier molecular flexibility index (Phi) is 4.19. The number of piperazine rings is 1. The summed E-state index contributed by atoms with van der Waals surface area (Å²) in [4.78, 5) is 27.6. The minimum absolute atomic E-state index is 0.00769. The van der Waals surface area contributed by atoms with Gasteiger partial charge in [0.05, 0.1) is 11.6 Å². The van der Waals surface area contributed by atoms with Gasteiger partial charge in [-0.05, 0) is 31.2 Å². The normalized spacial score (nSPS) is 25.2. The summed E-state index contributed by atoms with van der Waals surface area (Å²) in [6.45, 7) is 0.183. The Bertz CT molecular complexity index is 561. The number of hydrogen-bond donors (Lipinski definition) is 1. The Morgan fingerprint density at radius 3 is 2.86 bits per heavy atom. The lowest BCUT2D eigenvalue weighted by atomic mass is 9.87. The molecule has 1 aliphatic carbocycles. The van der Waals surface area contributed by atoms with E-state index in [9.17, 15) is 9.59 Å². The van der Waals surface area contributed by atoms with Crippen molar-refractivity contribution in [3.05, 3.63) is 29.8 Å². The second-order valence-corrected chi connectivity index (χ2v) is 6.51. The largest absolute Gasteiger partial charge is 0.350 e. The van der Waals surface area contributed by atoms with Crippen LogP contribution in [-0.4, -0.2) is 41.6 Å². The number of rotatable bonds is 2. The second-order valence-electron chi connectivity index (χ2n) is 5.66. The Balaban J connectivity index is 1.89. The Hall–Kier alpha value is -1.49. The standard InChI is InChI=1S/C16H20N2O2S/c1-21-14-9-5-2-6-11(14)16(20)18-10-15(19)17-12-7-3-4-8-13(12)18/h2,5-6,9,12-13H,3-4,7-8,10H2,1H3,(H,17,19). The quantitative estimate of drug-likeness (QED) is 0.853. The number of nitrogens with one attached hydrogen (secondary N) is 1. The zero-order valence-corrected chi connectivity index (χ0v) is 13.0. The molecule has 2 unspecified atom stereocenters. The molecule has 0 spiro atoms. The van der Waals surface area contributed by atoms with Crippen LogP contribution in [0.25, 0.3) is 0 Å². The fourth-order valence-corrected chi connectivity index (χ4v) is 3.97.